The third-order valence-electron chi connectivity index (χ3n) is 4.88. The highest BCUT2D eigenvalue weighted by atomic mass is 32.1. The molecule has 1 saturated heterocycles. The largest absolute Gasteiger partial charge is 0.459 e. The van der Waals surface area contributed by atoms with Gasteiger partial charge in [0.1, 0.15) is 5.01 Å². The summed E-state index contributed by atoms with van der Waals surface area (Å²) in [6, 6.07) is 10.0. The topological polar surface area (TPSA) is 118 Å². The van der Waals surface area contributed by atoms with Crippen LogP contribution in [0.25, 0.3) is 0 Å². The van der Waals surface area contributed by atoms with E-state index in [1.807, 2.05) is 0 Å². The van der Waals surface area contributed by atoms with Crippen molar-refractivity contribution >= 4 is 34.7 Å². The van der Waals surface area contributed by atoms with Crippen molar-refractivity contribution in [1.82, 2.24) is 20.0 Å². The normalized spacial score (nSPS) is 13.8. The molecule has 3 heterocycles. The molecule has 1 aliphatic rings. The zero-order valence-electron chi connectivity index (χ0n) is 17.3. The van der Waals surface area contributed by atoms with Crippen LogP contribution in [-0.2, 0) is 11.3 Å². The maximum Gasteiger partial charge on any atom is 0.289 e. The molecule has 10 nitrogen and oxygen atoms in total. The number of piperazine rings is 1. The number of anilines is 1. The number of aromatic nitrogens is 2. The number of carbonyl (C=O) groups excluding carboxylic acids is 3. The number of carbonyl (C=O) groups is 3. The Kier molecular flexibility index (Phi) is 6.57. The van der Waals surface area contributed by atoms with E-state index in [0.717, 1.165) is 11.3 Å². The first-order valence-corrected chi connectivity index (χ1v) is 10.7. The smallest absolute Gasteiger partial charge is 0.289 e. The van der Waals surface area contributed by atoms with Crippen LogP contribution in [0.2, 0.25) is 0 Å². The van der Waals surface area contributed by atoms with Crippen LogP contribution in [0.4, 0.5) is 5.69 Å². The maximum atomic E-state index is 12.9. The lowest BCUT2D eigenvalue weighted by Gasteiger charge is -2.34. The van der Waals surface area contributed by atoms with Crippen LogP contribution in [0.15, 0.2) is 47.1 Å². The molecule has 1 aliphatic heterocycles. The zero-order valence-corrected chi connectivity index (χ0v) is 18.1. The molecule has 4 rings (SSSR count). The second-order valence-corrected chi connectivity index (χ2v) is 8.09. The van der Waals surface area contributed by atoms with Crippen molar-refractivity contribution in [3.8, 4) is 0 Å². The lowest BCUT2D eigenvalue weighted by molar-refractivity contribution is 0.0518. The average Bonchev–Trinajstić information content (AvgIpc) is 3.51. The van der Waals surface area contributed by atoms with E-state index in [-0.39, 0.29) is 29.2 Å². The van der Waals surface area contributed by atoms with Gasteiger partial charge in [0.25, 0.3) is 17.7 Å². The molecule has 0 spiro atoms. The predicted molar refractivity (Wildman–Crippen MR) is 116 cm³/mol. The van der Waals surface area contributed by atoms with E-state index in [1.165, 1.54) is 6.26 Å². The monoisotopic (exact) mass is 455 g/mol. The third-order valence-corrected chi connectivity index (χ3v) is 5.78. The highest BCUT2D eigenvalue weighted by Crippen LogP contribution is 2.18. The number of ether oxygens (including phenoxy) is 1. The van der Waals surface area contributed by atoms with Crippen LogP contribution in [0.1, 0.15) is 35.7 Å². The number of nitrogens with one attached hydrogen (secondary N) is 1. The Morgan fingerprint density at radius 3 is 2.50 bits per heavy atom. The van der Waals surface area contributed by atoms with Crippen LogP contribution in [-0.4, -0.2) is 71.0 Å². The van der Waals surface area contributed by atoms with Gasteiger partial charge in [-0.1, -0.05) is 17.4 Å². The first kappa shape index (κ1) is 21.7. The molecule has 0 saturated carbocycles. The van der Waals surface area contributed by atoms with Crippen molar-refractivity contribution in [2.75, 3.05) is 38.6 Å². The van der Waals surface area contributed by atoms with Gasteiger partial charge < -0.3 is 24.3 Å². The van der Waals surface area contributed by atoms with Crippen molar-refractivity contribution in [2.45, 2.75) is 6.61 Å². The van der Waals surface area contributed by atoms with E-state index in [1.54, 1.807) is 53.3 Å². The van der Waals surface area contributed by atoms with Crippen LogP contribution >= 0.6 is 11.3 Å². The second kappa shape index (κ2) is 9.71. The zero-order chi connectivity index (χ0) is 22.5. The van der Waals surface area contributed by atoms with Crippen molar-refractivity contribution in [3.63, 3.8) is 0 Å². The van der Waals surface area contributed by atoms with Gasteiger partial charge >= 0.3 is 0 Å². The highest BCUT2D eigenvalue weighted by molar-refractivity contribution is 7.13. The lowest BCUT2D eigenvalue weighted by Crippen LogP contribution is -2.50. The average molecular weight is 455 g/mol. The molecule has 2 aromatic heterocycles. The van der Waals surface area contributed by atoms with Gasteiger partial charge in [-0.2, -0.15) is 0 Å². The van der Waals surface area contributed by atoms with E-state index in [4.69, 9.17) is 9.15 Å². The number of nitrogens with zero attached hydrogens (tertiary/aromatic N) is 4. The molecular formula is C21H21N5O5S. The number of hydrogen-bond acceptors (Lipinski definition) is 8. The fraction of sp³-hybridized carbons (Fsp3) is 0.286. The van der Waals surface area contributed by atoms with Crippen molar-refractivity contribution in [3.05, 3.63) is 64.0 Å². The SMILES string of the molecule is COCc1nnc(C(=O)Nc2cccc(C(=O)N3CCN(C(=O)c4ccco4)CC3)c2)s1. The minimum Gasteiger partial charge on any atom is -0.459 e. The summed E-state index contributed by atoms with van der Waals surface area (Å²) in [6.07, 6.45) is 1.46. The summed E-state index contributed by atoms with van der Waals surface area (Å²) >= 11 is 1.15. The Morgan fingerprint density at radius 1 is 1.06 bits per heavy atom. The molecule has 0 bridgehead atoms. The molecule has 1 fully saturated rings. The van der Waals surface area contributed by atoms with E-state index in [2.05, 4.69) is 15.5 Å². The van der Waals surface area contributed by atoms with Gasteiger partial charge in [0.2, 0.25) is 5.01 Å². The first-order chi connectivity index (χ1) is 15.5. The van der Waals surface area contributed by atoms with Crippen LogP contribution in [0.3, 0.4) is 0 Å². The molecular weight excluding hydrogens is 434 g/mol. The lowest BCUT2D eigenvalue weighted by atomic mass is 10.1. The summed E-state index contributed by atoms with van der Waals surface area (Å²) in [5, 5.41) is 11.3. The van der Waals surface area contributed by atoms with Gasteiger partial charge in [-0.05, 0) is 30.3 Å². The highest BCUT2D eigenvalue weighted by Gasteiger charge is 2.26. The van der Waals surface area contributed by atoms with Gasteiger partial charge in [-0.15, -0.1) is 10.2 Å². The standard InChI is InChI=1S/C21H21N5O5S/c1-30-13-17-23-24-19(32-17)18(27)22-15-5-2-4-14(12-15)20(28)25-7-9-26(10-8-25)21(29)16-6-3-11-31-16/h2-6,11-12H,7-10,13H2,1H3,(H,22,27). The minimum absolute atomic E-state index is 0.163. The Balaban J connectivity index is 1.36. The molecule has 0 atom stereocenters. The molecule has 1 aromatic carbocycles. The molecule has 0 aliphatic carbocycles. The third kappa shape index (κ3) is 4.84. The molecule has 0 unspecified atom stereocenters. The van der Waals surface area contributed by atoms with Crippen LogP contribution in [0, 0.1) is 0 Å². The van der Waals surface area contributed by atoms with Crippen molar-refractivity contribution in [2.24, 2.45) is 0 Å². The Morgan fingerprint density at radius 2 is 1.81 bits per heavy atom. The predicted octanol–water partition coefficient (Wildman–Crippen LogP) is 2.13. The number of furan rings is 1. The summed E-state index contributed by atoms with van der Waals surface area (Å²) in [6.45, 7) is 1.95. The number of amides is 3. The number of methoxy groups -OCH3 is 1. The second-order valence-electron chi connectivity index (χ2n) is 7.03. The van der Waals surface area contributed by atoms with Gasteiger partial charge in [-0.3, -0.25) is 14.4 Å². The number of rotatable bonds is 6. The summed E-state index contributed by atoms with van der Waals surface area (Å²) in [5.74, 6) is -0.459. The quantitative estimate of drug-likeness (QED) is 0.605. The van der Waals surface area contributed by atoms with Crippen molar-refractivity contribution < 1.29 is 23.5 Å². The first-order valence-electron chi connectivity index (χ1n) is 9.90. The Hall–Kier alpha value is -3.57. The molecule has 3 aromatic rings. The van der Waals surface area contributed by atoms with Gasteiger partial charge in [0, 0.05) is 44.5 Å². The van der Waals surface area contributed by atoms with Gasteiger partial charge in [0.05, 0.1) is 12.9 Å². The van der Waals surface area contributed by atoms with E-state index in [0.29, 0.717) is 42.4 Å². The van der Waals surface area contributed by atoms with Gasteiger partial charge in [-0.25, -0.2) is 0 Å². The number of hydrogen-bond donors (Lipinski definition) is 1. The molecule has 0 radical (unpaired) electrons. The maximum absolute atomic E-state index is 12.9. The summed E-state index contributed by atoms with van der Waals surface area (Å²) in [7, 11) is 1.54. The summed E-state index contributed by atoms with van der Waals surface area (Å²) in [5.41, 5.74) is 0.932. The Labute approximate surface area is 187 Å². The van der Waals surface area contributed by atoms with E-state index in [9.17, 15) is 14.4 Å². The van der Waals surface area contributed by atoms with Crippen molar-refractivity contribution in [1.29, 1.82) is 0 Å². The molecule has 32 heavy (non-hydrogen) atoms. The summed E-state index contributed by atoms with van der Waals surface area (Å²) in [4.78, 5) is 41.1. The van der Waals surface area contributed by atoms with Crippen LogP contribution < -0.4 is 5.32 Å². The van der Waals surface area contributed by atoms with E-state index < -0.39 is 5.91 Å². The molecule has 11 heteroatoms. The van der Waals surface area contributed by atoms with E-state index >= 15 is 0 Å². The fourth-order valence-corrected chi connectivity index (χ4v) is 4.00. The fourth-order valence-electron chi connectivity index (χ4n) is 3.29. The Bertz CT molecular complexity index is 1110. The summed E-state index contributed by atoms with van der Waals surface area (Å²) < 4.78 is 10.1. The molecule has 1 N–H and O–H groups in total. The van der Waals surface area contributed by atoms with Gasteiger partial charge in [0.15, 0.2) is 5.76 Å². The number of benzene rings is 1. The molecule has 166 valence electrons. The molecule has 3 amide bonds. The van der Waals surface area contributed by atoms with Crippen LogP contribution in [0.5, 0.6) is 0 Å². The minimum atomic E-state index is -0.403.